The third-order valence-corrected chi connectivity index (χ3v) is 4.79. The summed E-state index contributed by atoms with van der Waals surface area (Å²) in [5.74, 6) is -0.256. The summed E-state index contributed by atoms with van der Waals surface area (Å²) in [6, 6.07) is 13.3. The van der Waals surface area contributed by atoms with E-state index < -0.39 is 11.9 Å². The Morgan fingerprint density at radius 1 is 0.933 bits per heavy atom. The van der Waals surface area contributed by atoms with E-state index in [4.69, 9.17) is 4.74 Å². The quantitative estimate of drug-likeness (QED) is 0.336. The predicted molar refractivity (Wildman–Crippen MR) is 142 cm³/mol. The standard InChI is InChI=1S/C21H26N2O3.2CH3I/c1-22(2)12-13-23(3)11-10-15-8-9-19-17(14-15)20(21(24)25)16-6-4-5-7-18(16)26-19;2*1-2/h4-9,14,20H,10-13H2,1-3H3,(H,24,25);2*1H3. The van der Waals surface area contributed by atoms with E-state index in [1.807, 2.05) is 52.3 Å². The smallest absolute Gasteiger partial charge is 0.315 e. The third-order valence-electron chi connectivity index (χ3n) is 4.79. The Morgan fingerprint density at radius 2 is 1.57 bits per heavy atom. The highest BCUT2D eigenvalue weighted by molar-refractivity contribution is 14.1. The van der Waals surface area contributed by atoms with Gasteiger partial charge >= 0.3 is 5.97 Å². The van der Waals surface area contributed by atoms with Crippen molar-refractivity contribution in [3.63, 3.8) is 0 Å². The number of hydrogen-bond acceptors (Lipinski definition) is 4. The van der Waals surface area contributed by atoms with Crippen LogP contribution in [0, 0.1) is 0 Å². The molecule has 1 atom stereocenters. The first-order valence-corrected chi connectivity index (χ1v) is 14.0. The molecule has 1 aliphatic heterocycles. The zero-order valence-electron chi connectivity index (χ0n) is 18.4. The van der Waals surface area contributed by atoms with Crippen LogP contribution >= 0.6 is 45.2 Å². The fraction of sp³-hybridized carbons (Fsp3) is 0.435. The average Bonchev–Trinajstić information content (AvgIpc) is 2.77. The maximum absolute atomic E-state index is 11.9. The molecule has 2 aromatic rings. The van der Waals surface area contributed by atoms with Gasteiger partial charge < -0.3 is 19.6 Å². The van der Waals surface area contributed by atoms with Crippen LogP contribution in [0.15, 0.2) is 42.5 Å². The molecule has 0 radical (unpaired) electrons. The lowest BCUT2D eigenvalue weighted by atomic mass is 9.87. The minimum Gasteiger partial charge on any atom is -0.481 e. The molecule has 1 heterocycles. The van der Waals surface area contributed by atoms with Crippen molar-refractivity contribution in [2.45, 2.75) is 12.3 Å². The Hall–Kier alpha value is -0.910. The van der Waals surface area contributed by atoms with Gasteiger partial charge in [0.1, 0.15) is 17.4 Å². The van der Waals surface area contributed by atoms with Gasteiger partial charge in [-0.2, -0.15) is 0 Å². The van der Waals surface area contributed by atoms with Gasteiger partial charge in [-0.1, -0.05) is 75.5 Å². The average molecular weight is 638 g/mol. The number of alkyl halides is 2. The van der Waals surface area contributed by atoms with E-state index >= 15 is 0 Å². The van der Waals surface area contributed by atoms with Crippen LogP contribution in [-0.2, 0) is 11.2 Å². The van der Waals surface area contributed by atoms with Gasteiger partial charge in [-0.25, -0.2) is 0 Å². The highest BCUT2D eigenvalue weighted by Crippen LogP contribution is 2.44. The van der Waals surface area contributed by atoms with Crippen LogP contribution in [0.2, 0.25) is 0 Å². The molecule has 30 heavy (non-hydrogen) atoms. The molecule has 0 aromatic heterocycles. The number of fused-ring (bicyclic) bond motifs is 2. The second-order valence-electron chi connectivity index (χ2n) is 7.14. The molecule has 0 saturated heterocycles. The number of benzene rings is 2. The molecule has 0 saturated carbocycles. The number of carboxylic acid groups (broad SMARTS) is 1. The van der Waals surface area contributed by atoms with Crippen molar-refractivity contribution >= 4 is 51.2 Å². The van der Waals surface area contributed by atoms with Crippen molar-refractivity contribution in [2.24, 2.45) is 0 Å². The van der Waals surface area contributed by atoms with Crippen molar-refractivity contribution in [2.75, 3.05) is 50.6 Å². The van der Waals surface area contributed by atoms with E-state index in [-0.39, 0.29) is 0 Å². The zero-order chi connectivity index (χ0) is 22.7. The summed E-state index contributed by atoms with van der Waals surface area (Å²) in [6.07, 6.45) is 0.880. The van der Waals surface area contributed by atoms with Crippen molar-refractivity contribution in [1.82, 2.24) is 9.80 Å². The molecule has 7 heteroatoms. The van der Waals surface area contributed by atoms with Crippen LogP contribution in [0.1, 0.15) is 22.6 Å². The Morgan fingerprint density at radius 3 is 2.20 bits per heavy atom. The number of hydrogen-bond donors (Lipinski definition) is 1. The lowest BCUT2D eigenvalue weighted by Crippen LogP contribution is -2.30. The molecule has 3 rings (SSSR count). The number of aliphatic carboxylic acids is 1. The minimum absolute atomic E-state index is 0.628. The fourth-order valence-electron chi connectivity index (χ4n) is 3.24. The van der Waals surface area contributed by atoms with E-state index in [0.717, 1.165) is 37.2 Å². The largest absolute Gasteiger partial charge is 0.481 e. The first-order chi connectivity index (χ1) is 14.5. The van der Waals surface area contributed by atoms with Gasteiger partial charge in [-0.05, 0) is 55.1 Å². The number of halogens is 2. The summed E-state index contributed by atoms with van der Waals surface area (Å²) in [4.78, 5) is 20.3. The van der Waals surface area contributed by atoms with Crippen molar-refractivity contribution in [3.8, 4) is 11.5 Å². The van der Waals surface area contributed by atoms with Crippen molar-refractivity contribution in [1.29, 1.82) is 0 Å². The highest BCUT2D eigenvalue weighted by Gasteiger charge is 2.32. The summed E-state index contributed by atoms with van der Waals surface area (Å²) in [6.45, 7) is 2.96. The van der Waals surface area contributed by atoms with Crippen LogP contribution in [-0.4, -0.2) is 71.5 Å². The molecule has 0 aliphatic carbocycles. The fourth-order valence-corrected chi connectivity index (χ4v) is 3.24. The van der Waals surface area contributed by atoms with Crippen LogP contribution in [0.4, 0.5) is 0 Å². The van der Waals surface area contributed by atoms with Crippen LogP contribution < -0.4 is 4.74 Å². The number of rotatable bonds is 7. The second kappa shape index (κ2) is 14.2. The molecule has 0 fully saturated rings. The predicted octanol–water partition coefficient (Wildman–Crippen LogP) is 5.15. The highest BCUT2D eigenvalue weighted by atomic mass is 127. The first-order valence-electron chi connectivity index (χ1n) is 9.67. The Balaban J connectivity index is 0.00000106. The number of ether oxygens (including phenoxy) is 1. The maximum Gasteiger partial charge on any atom is 0.315 e. The van der Waals surface area contributed by atoms with E-state index in [1.165, 1.54) is 0 Å². The number of carbonyl (C=O) groups is 1. The van der Waals surface area contributed by atoms with Gasteiger partial charge in [-0.3, -0.25) is 4.79 Å². The molecule has 0 amide bonds. The van der Waals surface area contributed by atoms with E-state index in [9.17, 15) is 9.90 Å². The van der Waals surface area contributed by atoms with Gasteiger partial charge in [0.2, 0.25) is 0 Å². The SMILES string of the molecule is CI.CI.CN(C)CCN(C)CCc1ccc2c(c1)C(C(=O)O)c1ccccc1O2. The molecular formula is C23H32I2N2O3. The number of nitrogens with zero attached hydrogens (tertiary/aromatic N) is 2. The minimum atomic E-state index is -0.845. The van der Waals surface area contributed by atoms with E-state index in [2.05, 4.69) is 76.1 Å². The van der Waals surface area contributed by atoms with Gasteiger partial charge in [-0.15, -0.1) is 0 Å². The summed E-state index contributed by atoms with van der Waals surface area (Å²) < 4.78 is 5.92. The summed E-state index contributed by atoms with van der Waals surface area (Å²) in [5.41, 5.74) is 2.59. The molecular weight excluding hydrogens is 606 g/mol. The van der Waals surface area contributed by atoms with Crippen molar-refractivity contribution < 1.29 is 14.6 Å². The van der Waals surface area contributed by atoms with E-state index in [1.54, 1.807) is 0 Å². The monoisotopic (exact) mass is 638 g/mol. The Labute approximate surface area is 208 Å². The van der Waals surface area contributed by atoms with Gasteiger partial charge in [0.05, 0.1) is 0 Å². The lowest BCUT2D eigenvalue weighted by molar-refractivity contribution is -0.137. The Kier molecular flexibility index (Phi) is 12.8. The van der Waals surface area contributed by atoms with Gasteiger partial charge in [0, 0.05) is 30.8 Å². The topological polar surface area (TPSA) is 53.0 Å². The van der Waals surface area contributed by atoms with Gasteiger partial charge in [0.25, 0.3) is 0 Å². The number of para-hydroxylation sites is 1. The molecule has 1 unspecified atom stereocenters. The lowest BCUT2D eigenvalue weighted by Gasteiger charge is -2.26. The molecule has 5 nitrogen and oxygen atoms in total. The number of carboxylic acids is 1. The van der Waals surface area contributed by atoms with Crippen LogP contribution in [0.3, 0.4) is 0 Å². The molecule has 2 aromatic carbocycles. The number of likely N-dealkylation sites (N-methyl/N-ethyl adjacent to an activating group) is 2. The Bertz CT molecular complexity index is 800. The molecule has 166 valence electrons. The van der Waals surface area contributed by atoms with Crippen LogP contribution in [0.5, 0.6) is 11.5 Å². The van der Waals surface area contributed by atoms with Gasteiger partial charge in [0.15, 0.2) is 0 Å². The summed E-state index contributed by atoms with van der Waals surface area (Å²) >= 11 is 4.30. The summed E-state index contributed by atoms with van der Waals surface area (Å²) in [5, 5.41) is 9.79. The first kappa shape index (κ1) is 27.1. The second-order valence-corrected chi connectivity index (χ2v) is 7.14. The molecule has 0 spiro atoms. The molecule has 1 N–H and O–H groups in total. The normalized spacial score (nSPS) is 13.8. The zero-order valence-corrected chi connectivity index (χ0v) is 22.7. The van der Waals surface area contributed by atoms with Crippen molar-refractivity contribution in [3.05, 3.63) is 59.2 Å². The molecule has 0 bridgehead atoms. The maximum atomic E-state index is 11.9. The van der Waals surface area contributed by atoms with Crippen LogP contribution in [0.25, 0.3) is 0 Å². The third kappa shape index (κ3) is 7.65. The van der Waals surface area contributed by atoms with E-state index in [0.29, 0.717) is 17.1 Å². The molecule has 1 aliphatic rings. The summed E-state index contributed by atoms with van der Waals surface area (Å²) in [7, 11) is 6.25.